The summed E-state index contributed by atoms with van der Waals surface area (Å²) in [5, 5.41) is 3.82. The second-order valence-corrected chi connectivity index (χ2v) is 13.7. The average molecular weight is 592 g/mol. The Bertz CT molecular complexity index is 1130. The van der Waals surface area contributed by atoms with Crippen molar-refractivity contribution in [1.29, 1.82) is 0 Å². The van der Waals surface area contributed by atoms with Gasteiger partial charge in [-0.2, -0.15) is 0 Å². The number of aromatic nitrogens is 1. The van der Waals surface area contributed by atoms with Gasteiger partial charge in [0.25, 0.3) is 0 Å². The molecule has 0 unspecified atom stereocenters. The Morgan fingerprint density at radius 1 is 1.16 bits per heavy atom. The fourth-order valence-electron chi connectivity index (χ4n) is 7.68. The summed E-state index contributed by atoms with van der Waals surface area (Å²) in [6, 6.07) is 15.7. The zero-order chi connectivity index (χ0) is 30.1. The topological polar surface area (TPSA) is 74.5 Å². The number of unbranched alkanes of at least 4 members (excludes halogenated alkanes) is 1. The van der Waals surface area contributed by atoms with Crippen LogP contribution in [0.4, 0.5) is 4.39 Å². The van der Waals surface area contributed by atoms with E-state index in [-0.39, 0.29) is 11.8 Å². The molecule has 3 aliphatic rings. The maximum Gasteiger partial charge on any atom is 0.136 e. The van der Waals surface area contributed by atoms with Crippen LogP contribution in [-0.4, -0.2) is 78.1 Å². The number of aryl methyl sites for hydroxylation is 1. The van der Waals surface area contributed by atoms with E-state index in [1.165, 1.54) is 29.7 Å². The molecule has 1 aromatic heterocycles. The van der Waals surface area contributed by atoms with Gasteiger partial charge in [-0.25, -0.2) is 4.39 Å². The number of carbonyl (C=O) groups excluding carboxylic acids is 1. The van der Waals surface area contributed by atoms with Gasteiger partial charge in [0.1, 0.15) is 11.5 Å². The quantitative estimate of drug-likeness (QED) is 0.270. The first-order chi connectivity index (χ1) is 20.9. The molecule has 2 fully saturated rings. The van der Waals surface area contributed by atoms with Crippen molar-refractivity contribution in [3.05, 3.63) is 65.5 Å². The molecule has 2 heterocycles. The van der Waals surface area contributed by atoms with Gasteiger partial charge in [0.2, 0.25) is 0 Å². The Hall–Kier alpha value is -2.19. The smallest absolute Gasteiger partial charge is 0.136 e. The van der Waals surface area contributed by atoms with E-state index in [9.17, 15) is 9.18 Å². The predicted molar refractivity (Wildman–Crippen MR) is 173 cm³/mol. The molecule has 0 radical (unpaired) electrons. The molecule has 3 atom stereocenters. The molecule has 3 N–H and O–H groups in total. The molecule has 2 aromatic rings. The first-order valence-corrected chi connectivity index (χ1v) is 17.0. The third-order valence-electron chi connectivity index (χ3n) is 10.3. The van der Waals surface area contributed by atoms with Crippen LogP contribution < -0.4 is 11.1 Å². The number of ketones is 1. The zero-order valence-corrected chi connectivity index (χ0v) is 26.4. The molecule has 1 saturated carbocycles. The summed E-state index contributed by atoms with van der Waals surface area (Å²) in [6.45, 7) is 8.51. The van der Waals surface area contributed by atoms with E-state index in [4.69, 9.17) is 10.7 Å². The fourth-order valence-corrected chi connectivity index (χ4v) is 7.68. The van der Waals surface area contributed by atoms with E-state index in [2.05, 4.69) is 51.5 Å². The van der Waals surface area contributed by atoms with Crippen LogP contribution in [0.25, 0.3) is 0 Å². The normalized spacial score (nSPS) is 27.1. The minimum absolute atomic E-state index is 0.0169. The van der Waals surface area contributed by atoms with Crippen LogP contribution in [0, 0.1) is 5.92 Å². The molecule has 1 aliphatic heterocycles. The number of piperazine rings is 1. The molecule has 236 valence electrons. The number of rotatable bonds is 14. The van der Waals surface area contributed by atoms with Crippen molar-refractivity contribution in [2.24, 2.45) is 11.7 Å². The number of nitrogens with zero attached hydrogens (tertiary/aromatic N) is 3. The number of alkyl halides is 1. The molecule has 1 saturated heterocycles. The highest BCUT2D eigenvalue weighted by Gasteiger charge is 2.35. The van der Waals surface area contributed by atoms with Crippen molar-refractivity contribution < 1.29 is 9.18 Å². The first-order valence-electron chi connectivity index (χ1n) is 17.0. The number of carbonyl (C=O) groups is 1. The van der Waals surface area contributed by atoms with Crippen LogP contribution in [0.2, 0.25) is 0 Å². The summed E-state index contributed by atoms with van der Waals surface area (Å²) in [4.78, 5) is 23.5. The SMILES string of the molecule is CC1(F)CCC(C(=O)C[C@@H](CCN2CCN[C@H](CN(CCCCN)[C@H]3CCCc4cccnc43)C2)c2ccccc2)CC1. The van der Waals surface area contributed by atoms with E-state index >= 15 is 0 Å². The molecule has 43 heavy (non-hydrogen) atoms. The fraction of sp³-hybridized carbons (Fsp3) is 0.667. The van der Waals surface area contributed by atoms with E-state index < -0.39 is 5.67 Å². The Morgan fingerprint density at radius 3 is 2.77 bits per heavy atom. The highest BCUT2D eigenvalue weighted by molar-refractivity contribution is 5.82. The summed E-state index contributed by atoms with van der Waals surface area (Å²) < 4.78 is 14.4. The van der Waals surface area contributed by atoms with Crippen LogP contribution in [0.1, 0.15) is 99.9 Å². The number of benzene rings is 1. The lowest BCUT2D eigenvalue weighted by atomic mass is 9.76. The van der Waals surface area contributed by atoms with Gasteiger partial charge >= 0.3 is 0 Å². The summed E-state index contributed by atoms with van der Waals surface area (Å²) in [6.07, 6.45) is 11.6. The molecule has 0 amide bonds. The summed E-state index contributed by atoms with van der Waals surface area (Å²) >= 11 is 0. The van der Waals surface area contributed by atoms with Crippen molar-refractivity contribution in [3.8, 4) is 0 Å². The van der Waals surface area contributed by atoms with Crippen molar-refractivity contribution in [2.75, 3.05) is 45.8 Å². The Labute approximate surface area is 259 Å². The maximum atomic E-state index is 14.4. The number of hydrogen-bond acceptors (Lipinski definition) is 6. The van der Waals surface area contributed by atoms with Crippen LogP contribution in [0.15, 0.2) is 48.7 Å². The molecule has 5 rings (SSSR count). The summed E-state index contributed by atoms with van der Waals surface area (Å²) in [5.41, 5.74) is 8.70. The third-order valence-corrected chi connectivity index (χ3v) is 10.3. The van der Waals surface area contributed by atoms with Gasteiger partial charge in [-0.1, -0.05) is 36.4 Å². The molecule has 2 aliphatic carbocycles. The van der Waals surface area contributed by atoms with Crippen molar-refractivity contribution >= 4 is 5.78 Å². The van der Waals surface area contributed by atoms with Gasteiger partial charge in [-0.3, -0.25) is 14.7 Å². The first kappa shape index (κ1) is 32.2. The Balaban J connectivity index is 1.20. The van der Waals surface area contributed by atoms with E-state index in [1.807, 2.05) is 12.3 Å². The number of nitrogens with one attached hydrogen (secondary N) is 1. The maximum absolute atomic E-state index is 14.4. The van der Waals surface area contributed by atoms with Crippen LogP contribution in [-0.2, 0) is 11.2 Å². The van der Waals surface area contributed by atoms with Gasteiger partial charge in [0.05, 0.1) is 11.7 Å². The van der Waals surface area contributed by atoms with Crippen LogP contribution >= 0.6 is 0 Å². The lowest BCUT2D eigenvalue weighted by Gasteiger charge is -2.41. The lowest BCUT2D eigenvalue weighted by Crippen LogP contribution is -2.55. The zero-order valence-electron chi connectivity index (χ0n) is 26.4. The molecular weight excluding hydrogens is 537 g/mol. The van der Waals surface area contributed by atoms with Gasteiger partial charge in [-0.05, 0) is 114 Å². The number of fused-ring (bicyclic) bond motifs is 1. The second kappa shape index (κ2) is 15.7. The highest BCUT2D eigenvalue weighted by atomic mass is 19.1. The second-order valence-electron chi connectivity index (χ2n) is 13.7. The van der Waals surface area contributed by atoms with Gasteiger partial charge in [0.15, 0.2) is 0 Å². The minimum Gasteiger partial charge on any atom is -0.330 e. The minimum atomic E-state index is -1.11. The third kappa shape index (κ3) is 9.16. The van der Waals surface area contributed by atoms with Gasteiger partial charge in [0, 0.05) is 50.8 Å². The highest BCUT2D eigenvalue weighted by Crippen LogP contribution is 2.37. The summed E-state index contributed by atoms with van der Waals surface area (Å²) in [7, 11) is 0. The van der Waals surface area contributed by atoms with Crippen LogP contribution in [0.5, 0.6) is 0 Å². The van der Waals surface area contributed by atoms with Crippen molar-refractivity contribution in [3.63, 3.8) is 0 Å². The molecule has 6 nitrogen and oxygen atoms in total. The molecular formula is C36H54FN5O. The molecule has 1 aromatic carbocycles. The number of Topliss-reactive ketones (excluding diaryl/α,β-unsaturated/α-hetero) is 1. The average Bonchev–Trinajstić information content (AvgIpc) is 3.03. The van der Waals surface area contributed by atoms with E-state index in [0.717, 1.165) is 71.5 Å². The van der Waals surface area contributed by atoms with E-state index in [1.54, 1.807) is 6.92 Å². The van der Waals surface area contributed by atoms with E-state index in [0.29, 0.717) is 50.0 Å². The lowest BCUT2D eigenvalue weighted by molar-refractivity contribution is -0.125. The van der Waals surface area contributed by atoms with Gasteiger partial charge in [-0.15, -0.1) is 0 Å². The summed E-state index contributed by atoms with van der Waals surface area (Å²) in [5.74, 6) is 0.554. The molecule has 0 bridgehead atoms. The van der Waals surface area contributed by atoms with Gasteiger partial charge < -0.3 is 16.0 Å². The Morgan fingerprint density at radius 2 is 1.98 bits per heavy atom. The standard InChI is InChI=1S/C36H54FN5O/c1-36(37)17-14-29(15-18-36)34(43)25-31(28-9-3-2-4-10-28)16-23-41-24-21-39-32(26-41)27-42(22-6-5-19-38)33-13-7-11-30-12-8-20-40-35(30)33/h2-4,8-10,12,20,29,31-33,39H,5-7,11,13-19,21-27,38H2,1H3/t29?,31-,32+,33+,36?/m1/s1. The predicted octanol–water partition coefficient (Wildman–Crippen LogP) is 5.83. The monoisotopic (exact) mass is 591 g/mol. The number of halogens is 1. The number of hydrogen-bond donors (Lipinski definition) is 2. The molecule has 0 spiro atoms. The number of nitrogens with two attached hydrogens (primary N) is 1. The Kier molecular flexibility index (Phi) is 11.8. The number of pyridine rings is 1. The largest absolute Gasteiger partial charge is 0.330 e. The van der Waals surface area contributed by atoms with Crippen molar-refractivity contribution in [2.45, 2.75) is 101 Å². The van der Waals surface area contributed by atoms with Crippen LogP contribution in [0.3, 0.4) is 0 Å². The molecule has 7 heteroatoms. The van der Waals surface area contributed by atoms with Crippen molar-refractivity contribution in [1.82, 2.24) is 20.1 Å².